The fourth-order valence-corrected chi connectivity index (χ4v) is 5.94. The predicted octanol–water partition coefficient (Wildman–Crippen LogP) is 4.46. The first-order valence-electron chi connectivity index (χ1n) is 10.6. The van der Waals surface area contributed by atoms with E-state index in [1.54, 1.807) is 12.1 Å². The molecule has 1 amide bonds. The number of carbonyl (C=O) groups excluding carboxylic acids is 1. The molecule has 0 spiro atoms. The lowest BCUT2D eigenvalue weighted by Gasteiger charge is -2.36. The normalized spacial score (nSPS) is 15.9. The van der Waals surface area contributed by atoms with Crippen LogP contribution in [0.2, 0.25) is 0 Å². The number of thioether (sulfide) groups is 1. The number of hydrogen-bond acceptors (Lipinski definition) is 8. The molecule has 0 bridgehead atoms. The maximum atomic E-state index is 12.6. The van der Waals surface area contributed by atoms with E-state index in [0.29, 0.717) is 33.2 Å². The fraction of sp³-hybridized carbons (Fsp3) is 0.455. The average molecular weight is 471 g/mol. The molecule has 1 atom stereocenters. The van der Waals surface area contributed by atoms with Crippen molar-refractivity contribution in [2.24, 2.45) is 11.3 Å². The first kappa shape index (κ1) is 22.4. The van der Waals surface area contributed by atoms with Gasteiger partial charge in [-0.3, -0.25) is 4.79 Å². The Labute approximate surface area is 195 Å². The molecule has 8 nitrogen and oxygen atoms in total. The van der Waals surface area contributed by atoms with E-state index in [1.807, 2.05) is 0 Å². The van der Waals surface area contributed by atoms with Crippen molar-refractivity contribution < 1.29 is 9.21 Å². The summed E-state index contributed by atoms with van der Waals surface area (Å²) in [6.45, 7) is 6.86. The van der Waals surface area contributed by atoms with Gasteiger partial charge in [0.05, 0.1) is 17.6 Å². The molecule has 10 heteroatoms. The standard InChI is InChI=1S/C22H26N6O2S2/c1-4-22(2,3)13-7-8-14-15(11-23)20(32-17(14)10-13)25-18(29)12-31-21-27-26-19(28(21)24)16-6-5-9-30-16/h5-6,9,13H,4,7-8,10,12,24H2,1-3H3,(H,25,29). The van der Waals surface area contributed by atoms with Crippen molar-refractivity contribution in [2.45, 2.75) is 51.6 Å². The molecule has 4 rings (SSSR count). The Morgan fingerprint density at radius 1 is 1.50 bits per heavy atom. The molecule has 1 unspecified atom stereocenters. The topological polar surface area (TPSA) is 123 Å². The van der Waals surface area contributed by atoms with E-state index < -0.39 is 0 Å². The minimum absolute atomic E-state index is 0.104. The molecule has 0 saturated heterocycles. The number of nitrogen functional groups attached to an aromatic ring is 1. The molecule has 0 radical (unpaired) electrons. The van der Waals surface area contributed by atoms with Crippen LogP contribution in [0.4, 0.5) is 5.00 Å². The second kappa shape index (κ2) is 9.00. The summed E-state index contributed by atoms with van der Waals surface area (Å²) in [5.74, 6) is 7.42. The van der Waals surface area contributed by atoms with Crippen molar-refractivity contribution in [1.82, 2.24) is 14.9 Å². The first-order chi connectivity index (χ1) is 15.3. The van der Waals surface area contributed by atoms with Gasteiger partial charge in [-0.15, -0.1) is 21.5 Å². The van der Waals surface area contributed by atoms with E-state index in [1.165, 1.54) is 38.9 Å². The minimum atomic E-state index is -0.210. The summed E-state index contributed by atoms with van der Waals surface area (Å²) in [7, 11) is 0. The third-order valence-corrected chi connectivity index (χ3v) is 8.50. The Bertz CT molecular complexity index is 1160. The van der Waals surface area contributed by atoms with E-state index >= 15 is 0 Å². The Balaban J connectivity index is 1.43. The molecule has 0 fully saturated rings. The second-order valence-corrected chi connectivity index (χ2v) is 10.6. The van der Waals surface area contributed by atoms with Gasteiger partial charge in [-0.05, 0) is 48.3 Å². The molecular formula is C22H26N6O2S2. The molecule has 1 aliphatic rings. The van der Waals surface area contributed by atoms with Gasteiger partial charge in [0.25, 0.3) is 0 Å². The molecule has 168 valence electrons. The third kappa shape index (κ3) is 4.27. The maximum Gasteiger partial charge on any atom is 0.235 e. The number of anilines is 1. The Kier molecular flexibility index (Phi) is 6.31. The van der Waals surface area contributed by atoms with E-state index in [2.05, 4.69) is 42.4 Å². The van der Waals surface area contributed by atoms with Gasteiger partial charge in [0, 0.05) is 4.88 Å². The molecule has 3 aromatic heterocycles. The lowest BCUT2D eigenvalue weighted by molar-refractivity contribution is -0.113. The van der Waals surface area contributed by atoms with Crippen LogP contribution in [0.3, 0.4) is 0 Å². The quantitative estimate of drug-likeness (QED) is 0.386. The van der Waals surface area contributed by atoms with Gasteiger partial charge in [0.2, 0.25) is 16.9 Å². The number of thiophene rings is 1. The average Bonchev–Trinajstić information content (AvgIpc) is 3.50. The van der Waals surface area contributed by atoms with E-state index in [-0.39, 0.29) is 17.1 Å². The van der Waals surface area contributed by atoms with Crippen LogP contribution in [0.25, 0.3) is 11.6 Å². The number of nitrogens with two attached hydrogens (primary N) is 1. The number of nitriles is 1. The lowest BCUT2D eigenvalue weighted by Crippen LogP contribution is -2.28. The summed E-state index contributed by atoms with van der Waals surface area (Å²) < 4.78 is 6.60. The number of furan rings is 1. The molecule has 0 saturated carbocycles. The van der Waals surface area contributed by atoms with Crippen molar-refractivity contribution >= 4 is 34.0 Å². The van der Waals surface area contributed by atoms with Crippen molar-refractivity contribution in [1.29, 1.82) is 5.26 Å². The number of carbonyl (C=O) groups is 1. The summed E-state index contributed by atoms with van der Waals surface area (Å²) >= 11 is 2.72. The number of rotatable bonds is 7. The molecular weight excluding hydrogens is 444 g/mol. The fourth-order valence-electron chi connectivity index (χ4n) is 3.99. The van der Waals surface area contributed by atoms with E-state index in [0.717, 1.165) is 31.2 Å². The van der Waals surface area contributed by atoms with Gasteiger partial charge >= 0.3 is 0 Å². The molecule has 3 aromatic rings. The number of aromatic nitrogens is 3. The van der Waals surface area contributed by atoms with Crippen molar-refractivity contribution in [2.75, 3.05) is 16.9 Å². The van der Waals surface area contributed by atoms with Crippen LogP contribution in [0, 0.1) is 22.7 Å². The summed E-state index contributed by atoms with van der Waals surface area (Å²) in [4.78, 5) is 13.9. The minimum Gasteiger partial charge on any atom is -0.461 e. The highest BCUT2D eigenvalue weighted by Crippen LogP contribution is 2.45. The van der Waals surface area contributed by atoms with Crippen LogP contribution in [-0.4, -0.2) is 26.5 Å². The SMILES string of the molecule is CCC(C)(C)C1CCc2c(sc(NC(=O)CSc3nnc(-c4ccco4)n3N)c2C#N)C1. The van der Waals surface area contributed by atoms with Gasteiger partial charge in [-0.2, -0.15) is 5.26 Å². The van der Waals surface area contributed by atoms with Gasteiger partial charge in [-0.25, -0.2) is 4.68 Å². The number of amides is 1. The first-order valence-corrected chi connectivity index (χ1v) is 12.4. The van der Waals surface area contributed by atoms with Gasteiger partial charge in [-0.1, -0.05) is 39.0 Å². The highest BCUT2D eigenvalue weighted by atomic mass is 32.2. The molecule has 32 heavy (non-hydrogen) atoms. The molecule has 0 aromatic carbocycles. The smallest absolute Gasteiger partial charge is 0.235 e. The van der Waals surface area contributed by atoms with Crippen molar-refractivity contribution in [3.63, 3.8) is 0 Å². The monoisotopic (exact) mass is 470 g/mol. The highest BCUT2D eigenvalue weighted by Gasteiger charge is 2.34. The molecule has 3 N–H and O–H groups in total. The zero-order valence-corrected chi connectivity index (χ0v) is 20.0. The largest absolute Gasteiger partial charge is 0.461 e. The predicted molar refractivity (Wildman–Crippen MR) is 126 cm³/mol. The molecule has 1 aliphatic carbocycles. The van der Waals surface area contributed by atoms with Crippen LogP contribution < -0.4 is 11.2 Å². The zero-order chi connectivity index (χ0) is 22.9. The number of hydrogen-bond donors (Lipinski definition) is 2. The Morgan fingerprint density at radius 2 is 2.31 bits per heavy atom. The Hall–Kier alpha value is -2.77. The van der Waals surface area contributed by atoms with Crippen LogP contribution in [0.15, 0.2) is 28.0 Å². The number of nitrogens with one attached hydrogen (secondary N) is 1. The summed E-state index contributed by atoms with van der Waals surface area (Å²) in [5, 5.41) is 21.8. The number of nitrogens with zero attached hydrogens (tertiary/aromatic N) is 4. The van der Waals surface area contributed by atoms with Crippen molar-refractivity contribution in [3.8, 4) is 17.7 Å². The zero-order valence-electron chi connectivity index (χ0n) is 18.3. The Morgan fingerprint density at radius 3 is 3.00 bits per heavy atom. The summed E-state index contributed by atoms with van der Waals surface area (Å²) in [6.07, 6.45) is 5.58. The van der Waals surface area contributed by atoms with Crippen molar-refractivity contribution in [3.05, 3.63) is 34.4 Å². The second-order valence-electron chi connectivity index (χ2n) is 8.59. The van der Waals surface area contributed by atoms with Gasteiger partial charge in [0.15, 0.2) is 5.76 Å². The molecule has 3 heterocycles. The van der Waals surface area contributed by atoms with Crippen LogP contribution in [-0.2, 0) is 17.6 Å². The highest BCUT2D eigenvalue weighted by molar-refractivity contribution is 7.99. The van der Waals surface area contributed by atoms with Crippen LogP contribution >= 0.6 is 23.1 Å². The van der Waals surface area contributed by atoms with Gasteiger partial charge in [0.1, 0.15) is 11.1 Å². The lowest BCUT2D eigenvalue weighted by atomic mass is 9.69. The van der Waals surface area contributed by atoms with Crippen LogP contribution in [0.1, 0.15) is 49.6 Å². The van der Waals surface area contributed by atoms with Gasteiger partial charge < -0.3 is 15.6 Å². The maximum absolute atomic E-state index is 12.6. The summed E-state index contributed by atoms with van der Waals surface area (Å²) in [5.41, 5.74) is 1.98. The molecule has 0 aliphatic heterocycles. The van der Waals surface area contributed by atoms with E-state index in [4.69, 9.17) is 10.3 Å². The number of fused-ring (bicyclic) bond motifs is 1. The third-order valence-electron chi connectivity index (χ3n) is 6.38. The summed E-state index contributed by atoms with van der Waals surface area (Å²) in [6, 6.07) is 5.79. The van der Waals surface area contributed by atoms with E-state index in [9.17, 15) is 10.1 Å². The van der Waals surface area contributed by atoms with Crippen LogP contribution in [0.5, 0.6) is 0 Å².